The van der Waals surface area contributed by atoms with Crippen molar-refractivity contribution >= 4 is 38.4 Å². The van der Waals surface area contributed by atoms with E-state index >= 15 is 0 Å². The first-order valence-corrected chi connectivity index (χ1v) is 12.3. The van der Waals surface area contributed by atoms with Crippen molar-refractivity contribution < 1.29 is 13.2 Å². The number of hydrogen-bond acceptors (Lipinski definition) is 4. The minimum Gasteiger partial charge on any atom is -0.315 e. The monoisotopic (exact) mass is 428 g/mol. The van der Waals surface area contributed by atoms with E-state index in [2.05, 4.69) is 4.99 Å². The molecule has 2 aromatic rings. The number of carbonyl (C=O) groups is 1. The Morgan fingerprint density at radius 2 is 1.79 bits per heavy atom. The molecule has 0 aromatic heterocycles. The van der Waals surface area contributed by atoms with E-state index in [4.69, 9.17) is 0 Å². The van der Waals surface area contributed by atoms with Gasteiger partial charge in [-0.25, -0.2) is 8.42 Å². The molecule has 2 aromatic carbocycles. The highest BCUT2D eigenvalue weighted by Crippen LogP contribution is 2.43. The van der Waals surface area contributed by atoms with E-state index in [9.17, 15) is 13.2 Å². The van der Waals surface area contributed by atoms with Crippen LogP contribution in [0.5, 0.6) is 0 Å². The third-order valence-corrected chi connectivity index (χ3v) is 8.61. The summed E-state index contributed by atoms with van der Waals surface area (Å²) in [7, 11) is -3.08. The van der Waals surface area contributed by atoms with Crippen molar-refractivity contribution in [2.75, 3.05) is 16.4 Å². The number of amides is 1. The first-order chi connectivity index (χ1) is 13.7. The maximum atomic E-state index is 12.7. The van der Waals surface area contributed by atoms with Crippen LogP contribution >= 0.6 is 11.8 Å². The van der Waals surface area contributed by atoms with Gasteiger partial charge in [-0.1, -0.05) is 59.8 Å². The number of anilines is 1. The van der Waals surface area contributed by atoms with Crippen molar-refractivity contribution in [3.63, 3.8) is 0 Å². The summed E-state index contributed by atoms with van der Waals surface area (Å²) in [6.07, 6.45) is 0.236. The molecule has 0 radical (unpaired) electrons. The van der Waals surface area contributed by atoms with Crippen LogP contribution in [-0.4, -0.2) is 42.3 Å². The number of nitrogens with zero attached hydrogens (tertiary/aromatic N) is 2. The van der Waals surface area contributed by atoms with Crippen molar-refractivity contribution in [3.8, 4) is 0 Å². The number of para-hydroxylation sites is 1. The van der Waals surface area contributed by atoms with Gasteiger partial charge >= 0.3 is 0 Å². The second-order valence-corrected chi connectivity index (χ2v) is 11.2. The molecule has 5 nitrogen and oxygen atoms in total. The van der Waals surface area contributed by atoms with E-state index in [0.717, 1.165) is 27.9 Å². The number of amidine groups is 1. The standard InChI is InChI=1S/C22H24N2O3S2/c1-14-6-4-9-17(10-14)11-20(25)23-22-24(21-15(2)7-5-8-16(21)3)18-12-29(26,27)13-19(18)28-22/h4-10,18-19H,11-13H2,1-3H3/t18-,19-/m0/s1. The van der Waals surface area contributed by atoms with E-state index in [1.54, 1.807) is 0 Å². The molecule has 0 saturated carbocycles. The zero-order valence-electron chi connectivity index (χ0n) is 16.8. The summed E-state index contributed by atoms with van der Waals surface area (Å²) in [6.45, 7) is 6.02. The van der Waals surface area contributed by atoms with Crippen LogP contribution in [0.15, 0.2) is 47.5 Å². The Balaban J connectivity index is 1.70. The number of sulfone groups is 1. The first-order valence-electron chi connectivity index (χ1n) is 9.63. The molecule has 2 aliphatic rings. The van der Waals surface area contributed by atoms with Crippen LogP contribution < -0.4 is 4.90 Å². The Morgan fingerprint density at radius 3 is 2.48 bits per heavy atom. The smallest absolute Gasteiger partial charge is 0.252 e. The highest BCUT2D eigenvalue weighted by Gasteiger charge is 2.49. The lowest BCUT2D eigenvalue weighted by molar-refractivity contribution is -0.117. The van der Waals surface area contributed by atoms with Gasteiger partial charge in [0, 0.05) is 10.9 Å². The van der Waals surface area contributed by atoms with Crippen LogP contribution in [0.1, 0.15) is 22.3 Å². The highest BCUT2D eigenvalue weighted by molar-refractivity contribution is 8.16. The number of carbonyl (C=O) groups excluding carboxylic acids is 1. The maximum absolute atomic E-state index is 12.7. The molecule has 2 atom stereocenters. The Bertz CT molecular complexity index is 1090. The molecule has 0 N–H and O–H groups in total. The van der Waals surface area contributed by atoms with Crippen LogP contribution in [0, 0.1) is 20.8 Å². The van der Waals surface area contributed by atoms with Crippen LogP contribution in [0.4, 0.5) is 5.69 Å². The molecule has 1 amide bonds. The summed E-state index contributed by atoms with van der Waals surface area (Å²) in [4.78, 5) is 19.2. The number of fused-ring (bicyclic) bond motifs is 1. The lowest BCUT2D eigenvalue weighted by Crippen LogP contribution is -2.38. The molecule has 0 spiro atoms. The van der Waals surface area contributed by atoms with Crippen molar-refractivity contribution in [2.24, 2.45) is 4.99 Å². The zero-order valence-corrected chi connectivity index (χ0v) is 18.4. The Labute approximate surface area is 176 Å². The third kappa shape index (κ3) is 4.12. The maximum Gasteiger partial charge on any atom is 0.252 e. The topological polar surface area (TPSA) is 66.8 Å². The molecule has 0 unspecified atom stereocenters. The van der Waals surface area contributed by atoms with Gasteiger partial charge in [0.1, 0.15) is 0 Å². The van der Waals surface area contributed by atoms with Gasteiger partial charge < -0.3 is 4.90 Å². The Kier molecular flexibility index (Phi) is 5.29. The molecule has 2 aliphatic heterocycles. The number of thioether (sulfide) groups is 1. The molecule has 152 valence electrons. The Hall–Kier alpha value is -2.12. The fourth-order valence-electron chi connectivity index (χ4n) is 4.15. The molecule has 7 heteroatoms. The van der Waals surface area contributed by atoms with E-state index < -0.39 is 9.84 Å². The second kappa shape index (κ2) is 7.61. The third-order valence-electron chi connectivity index (χ3n) is 5.41. The first kappa shape index (κ1) is 20.2. The average Bonchev–Trinajstić information content (AvgIpc) is 3.07. The zero-order chi connectivity index (χ0) is 20.8. The van der Waals surface area contributed by atoms with E-state index in [1.165, 1.54) is 11.8 Å². The van der Waals surface area contributed by atoms with Crippen LogP contribution in [0.3, 0.4) is 0 Å². The van der Waals surface area contributed by atoms with E-state index in [-0.39, 0.29) is 35.1 Å². The Morgan fingerprint density at radius 1 is 1.10 bits per heavy atom. The normalized spacial score (nSPS) is 24.1. The molecular formula is C22H24N2O3S2. The van der Waals surface area contributed by atoms with Gasteiger partial charge in [-0.15, -0.1) is 0 Å². The molecule has 2 saturated heterocycles. The van der Waals surface area contributed by atoms with Crippen LogP contribution in [-0.2, 0) is 21.1 Å². The largest absolute Gasteiger partial charge is 0.315 e. The quantitative estimate of drug-likeness (QED) is 0.749. The lowest BCUT2D eigenvalue weighted by Gasteiger charge is -2.28. The van der Waals surface area contributed by atoms with E-state index in [1.807, 2.05) is 68.1 Å². The number of hydrogen-bond donors (Lipinski definition) is 0. The fourth-order valence-corrected chi connectivity index (χ4v) is 8.07. The van der Waals surface area contributed by atoms with Gasteiger partial charge in [0.2, 0.25) is 0 Å². The van der Waals surface area contributed by atoms with Crippen molar-refractivity contribution in [1.82, 2.24) is 0 Å². The van der Waals surface area contributed by atoms with Crippen LogP contribution in [0.25, 0.3) is 0 Å². The van der Waals surface area contributed by atoms with Crippen molar-refractivity contribution in [1.29, 1.82) is 0 Å². The molecule has 0 bridgehead atoms. The SMILES string of the molecule is Cc1cccc(CC(=O)N=C2S[C@H]3CS(=O)(=O)C[C@@H]3N2c2c(C)cccc2C)c1. The average molecular weight is 429 g/mol. The second-order valence-electron chi connectivity index (χ2n) is 7.86. The summed E-state index contributed by atoms with van der Waals surface area (Å²) in [6, 6.07) is 13.7. The van der Waals surface area contributed by atoms with Gasteiger partial charge in [0.05, 0.1) is 24.0 Å². The minimum absolute atomic E-state index is 0.0930. The predicted octanol–water partition coefficient (Wildman–Crippen LogP) is 3.46. The fraction of sp³-hybridized carbons (Fsp3) is 0.364. The lowest BCUT2D eigenvalue weighted by atomic mass is 10.1. The van der Waals surface area contributed by atoms with Crippen LogP contribution in [0.2, 0.25) is 0 Å². The molecular weight excluding hydrogens is 404 g/mol. The summed E-state index contributed by atoms with van der Waals surface area (Å²) in [5.41, 5.74) is 5.11. The number of rotatable bonds is 3. The molecule has 0 aliphatic carbocycles. The van der Waals surface area contributed by atoms with Gasteiger partial charge in [-0.3, -0.25) is 4.79 Å². The number of benzene rings is 2. The molecule has 2 heterocycles. The van der Waals surface area contributed by atoms with Gasteiger partial charge in [-0.2, -0.15) is 4.99 Å². The highest BCUT2D eigenvalue weighted by atomic mass is 32.2. The van der Waals surface area contributed by atoms with Gasteiger partial charge in [-0.05, 0) is 37.5 Å². The minimum atomic E-state index is -3.08. The molecule has 29 heavy (non-hydrogen) atoms. The molecule has 2 fully saturated rings. The van der Waals surface area contributed by atoms with E-state index in [0.29, 0.717) is 5.17 Å². The van der Waals surface area contributed by atoms with Gasteiger partial charge in [0.15, 0.2) is 15.0 Å². The summed E-state index contributed by atoms with van der Waals surface area (Å²) < 4.78 is 24.5. The van der Waals surface area contributed by atoms with Gasteiger partial charge in [0.25, 0.3) is 5.91 Å². The van der Waals surface area contributed by atoms with Crippen molar-refractivity contribution in [3.05, 3.63) is 64.7 Å². The predicted molar refractivity (Wildman–Crippen MR) is 120 cm³/mol. The van der Waals surface area contributed by atoms with Crippen molar-refractivity contribution in [2.45, 2.75) is 38.5 Å². The summed E-state index contributed by atoms with van der Waals surface area (Å²) >= 11 is 1.42. The summed E-state index contributed by atoms with van der Waals surface area (Å²) in [5.74, 6) is 0.0236. The number of aliphatic imine (C=N–C) groups is 1. The number of aryl methyl sites for hydroxylation is 3. The molecule has 4 rings (SSSR count). The summed E-state index contributed by atoms with van der Waals surface area (Å²) in [5, 5.41) is 0.523.